The largest absolute Gasteiger partial charge is 0.376 e. The Kier molecular flexibility index (Phi) is 4.95. The first-order valence-corrected chi connectivity index (χ1v) is 9.93. The fraction of sp³-hybridized carbons (Fsp3) is 0.375. The van der Waals surface area contributed by atoms with Crippen molar-refractivity contribution < 1.29 is 9.53 Å². The van der Waals surface area contributed by atoms with Crippen molar-refractivity contribution in [2.75, 3.05) is 18.9 Å². The normalized spacial score (nSPS) is 17.2. The van der Waals surface area contributed by atoms with Gasteiger partial charge in [0.05, 0.1) is 16.7 Å². The smallest absolute Gasteiger partial charge is 0.230 e. The summed E-state index contributed by atoms with van der Waals surface area (Å²) < 4.78 is 7.22. The van der Waals surface area contributed by atoms with Gasteiger partial charge in [-0.3, -0.25) is 4.79 Å². The van der Waals surface area contributed by atoms with E-state index in [2.05, 4.69) is 20.6 Å². The molecule has 1 N–H and O–H groups in total. The molecule has 25 heavy (non-hydrogen) atoms. The van der Waals surface area contributed by atoms with E-state index in [4.69, 9.17) is 4.74 Å². The van der Waals surface area contributed by atoms with Gasteiger partial charge in [0, 0.05) is 13.2 Å². The highest BCUT2D eigenvalue weighted by Gasteiger charge is 2.16. The van der Waals surface area contributed by atoms with E-state index in [1.54, 1.807) is 15.9 Å². The molecule has 9 heteroatoms. The summed E-state index contributed by atoms with van der Waals surface area (Å²) in [4.78, 5) is 13.0. The van der Waals surface area contributed by atoms with Gasteiger partial charge in [-0.05, 0) is 36.4 Å². The molecule has 0 radical (unpaired) electrons. The van der Waals surface area contributed by atoms with E-state index in [0.29, 0.717) is 17.9 Å². The van der Waals surface area contributed by atoms with Gasteiger partial charge >= 0.3 is 0 Å². The molecular weight excluding hydrogens is 358 g/mol. The highest BCUT2D eigenvalue weighted by molar-refractivity contribution is 7.99. The zero-order valence-corrected chi connectivity index (χ0v) is 15.1. The zero-order chi connectivity index (χ0) is 17.1. The molecule has 0 aromatic carbocycles. The lowest BCUT2D eigenvalue weighted by molar-refractivity contribution is -0.119. The molecule has 1 unspecified atom stereocenters. The van der Waals surface area contributed by atoms with Crippen molar-refractivity contribution >= 4 is 34.7 Å². The number of fused-ring (bicyclic) bond motifs is 1. The van der Waals surface area contributed by atoms with Crippen LogP contribution in [0.25, 0.3) is 16.3 Å². The number of carbonyl (C=O) groups is 1. The summed E-state index contributed by atoms with van der Waals surface area (Å²) >= 11 is 2.99. The second-order valence-corrected chi connectivity index (χ2v) is 7.61. The average molecular weight is 375 g/mol. The number of aromatic nitrogens is 4. The lowest BCUT2D eigenvalue weighted by Gasteiger charge is -2.10. The molecule has 1 atom stereocenters. The second-order valence-electron chi connectivity index (χ2n) is 5.67. The van der Waals surface area contributed by atoms with Crippen LogP contribution in [-0.2, 0) is 9.53 Å². The molecule has 1 aliphatic heterocycles. The molecule has 3 aromatic rings. The number of ether oxygens (including phenoxy) is 1. The highest BCUT2D eigenvalue weighted by atomic mass is 32.2. The molecule has 3 aromatic heterocycles. The Morgan fingerprint density at radius 1 is 1.40 bits per heavy atom. The van der Waals surface area contributed by atoms with Crippen LogP contribution in [0.2, 0.25) is 0 Å². The van der Waals surface area contributed by atoms with Crippen LogP contribution in [0.4, 0.5) is 0 Å². The van der Waals surface area contributed by atoms with Gasteiger partial charge in [0.25, 0.3) is 0 Å². The Morgan fingerprint density at radius 3 is 3.16 bits per heavy atom. The van der Waals surface area contributed by atoms with Gasteiger partial charge in [-0.25, -0.2) is 0 Å². The number of hydrogen-bond acceptors (Lipinski definition) is 7. The number of thioether (sulfide) groups is 1. The fourth-order valence-corrected chi connectivity index (χ4v) is 4.01. The zero-order valence-electron chi connectivity index (χ0n) is 13.4. The molecule has 7 nitrogen and oxygen atoms in total. The Bertz CT molecular complexity index is 859. The topological polar surface area (TPSA) is 81.4 Å². The van der Waals surface area contributed by atoms with Crippen LogP contribution in [-0.4, -0.2) is 50.7 Å². The molecule has 0 aliphatic carbocycles. The Balaban J connectivity index is 1.39. The molecular formula is C16H17N5O2S2. The first-order chi connectivity index (χ1) is 12.3. The van der Waals surface area contributed by atoms with Crippen molar-refractivity contribution in [3.63, 3.8) is 0 Å². The summed E-state index contributed by atoms with van der Waals surface area (Å²) in [6, 6.07) is 7.68. The maximum atomic E-state index is 12.0. The minimum Gasteiger partial charge on any atom is -0.376 e. The summed E-state index contributed by atoms with van der Waals surface area (Å²) in [5, 5.41) is 18.6. The SMILES string of the molecule is O=C(CSc1ccc2nnc(-c3cccs3)n2n1)NCC1CCCO1. The van der Waals surface area contributed by atoms with Crippen LogP contribution in [0.5, 0.6) is 0 Å². The Morgan fingerprint density at radius 2 is 2.36 bits per heavy atom. The van der Waals surface area contributed by atoms with Crippen molar-refractivity contribution in [2.45, 2.75) is 24.0 Å². The Labute approximate surface area is 152 Å². The van der Waals surface area contributed by atoms with Crippen LogP contribution in [0.1, 0.15) is 12.8 Å². The van der Waals surface area contributed by atoms with E-state index in [1.165, 1.54) is 11.8 Å². The number of hydrogen-bond donors (Lipinski definition) is 1. The molecule has 130 valence electrons. The molecule has 4 rings (SSSR count). The molecule has 1 fully saturated rings. The molecule has 1 aliphatic rings. The third-order valence-electron chi connectivity index (χ3n) is 3.88. The number of nitrogens with zero attached hydrogens (tertiary/aromatic N) is 4. The summed E-state index contributed by atoms with van der Waals surface area (Å²) in [5.74, 6) is 1.03. The van der Waals surface area contributed by atoms with Gasteiger partial charge in [-0.15, -0.1) is 21.5 Å². The van der Waals surface area contributed by atoms with Crippen LogP contribution in [0.3, 0.4) is 0 Å². The number of amides is 1. The number of nitrogens with one attached hydrogen (secondary N) is 1. The van der Waals surface area contributed by atoms with Gasteiger partial charge in [0.1, 0.15) is 5.03 Å². The van der Waals surface area contributed by atoms with E-state index < -0.39 is 0 Å². The maximum Gasteiger partial charge on any atom is 0.230 e. The van der Waals surface area contributed by atoms with Gasteiger partial charge in [0.15, 0.2) is 11.5 Å². The molecule has 4 heterocycles. The monoisotopic (exact) mass is 375 g/mol. The van der Waals surface area contributed by atoms with E-state index in [1.807, 2.05) is 29.6 Å². The van der Waals surface area contributed by atoms with Crippen molar-refractivity contribution in [1.82, 2.24) is 25.1 Å². The van der Waals surface area contributed by atoms with Crippen molar-refractivity contribution in [3.8, 4) is 10.7 Å². The lowest BCUT2D eigenvalue weighted by atomic mass is 10.2. The van der Waals surface area contributed by atoms with Gasteiger partial charge < -0.3 is 10.1 Å². The van der Waals surface area contributed by atoms with E-state index in [9.17, 15) is 4.79 Å². The minimum absolute atomic E-state index is 0.00960. The molecule has 0 bridgehead atoms. The van der Waals surface area contributed by atoms with E-state index in [0.717, 1.165) is 35.2 Å². The van der Waals surface area contributed by atoms with Gasteiger partial charge in [0.2, 0.25) is 5.91 Å². The third kappa shape index (κ3) is 3.83. The molecule has 0 spiro atoms. The highest BCUT2D eigenvalue weighted by Crippen LogP contribution is 2.24. The lowest BCUT2D eigenvalue weighted by Crippen LogP contribution is -2.32. The average Bonchev–Trinajstić information content (AvgIpc) is 3.38. The minimum atomic E-state index is -0.00960. The van der Waals surface area contributed by atoms with Crippen LogP contribution < -0.4 is 5.32 Å². The van der Waals surface area contributed by atoms with E-state index in [-0.39, 0.29) is 12.0 Å². The summed E-state index contributed by atoms with van der Waals surface area (Å²) in [7, 11) is 0. The molecule has 0 saturated carbocycles. The summed E-state index contributed by atoms with van der Waals surface area (Å²) in [6.45, 7) is 1.38. The molecule has 1 saturated heterocycles. The molecule has 1 amide bonds. The second kappa shape index (κ2) is 7.51. The van der Waals surface area contributed by atoms with Crippen molar-refractivity contribution in [2.24, 2.45) is 0 Å². The van der Waals surface area contributed by atoms with Gasteiger partial charge in [-0.2, -0.15) is 9.61 Å². The number of rotatable bonds is 6. The quantitative estimate of drug-likeness (QED) is 0.666. The summed E-state index contributed by atoms with van der Waals surface area (Å²) in [6.07, 6.45) is 2.25. The summed E-state index contributed by atoms with van der Waals surface area (Å²) in [5.41, 5.74) is 0.690. The fourth-order valence-electron chi connectivity index (χ4n) is 2.63. The van der Waals surface area contributed by atoms with Crippen LogP contribution >= 0.6 is 23.1 Å². The third-order valence-corrected chi connectivity index (χ3v) is 5.67. The van der Waals surface area contributed by atoms with Crippen LogP contribution in [0.15, 0.2) is 34.7 Å². The van der Waals surface area contributed by atoms with Crippen molar-refractivity contribution in [1.29, 1.82) is 0 Å². The Hall–Kier alpha value is -1.97. The first-order valence-electron chi connectivity index (χ1n) is 8.07. The number of carbonyl (C=O) groups excluding carboxylic acids is 1. The maximum absolute atomic E-state index is 12.0. The predicted molar refractivity (Wildman–Crippen MR) is 96.8 cm³/mol. The number of thiophene rings is 1. The van der Waals surface area contributed by atoms with Gasteiger partial charge in [-0.1, -0.05) is 17.8 Å². The standard InChI is InChI=1S/C16H17N5O2S2/c22-14(17-9-11-3-1-7-23-11)10-25-15-6-5-13-18-19-16(21(13)20-15)12-4-2-8-24-12/h2,4-6,8,11H,1,3,7,9-10H2,(H,17,22). The van der Waals surface area contributed by atoms with Crippen molar-refractivity contribution in [3.05, 3.63) is 29.6 Å². The predicted octanol–water partition coefficient (Wildman–Crippen LogP) is 2.24. The first kappa shape index (κ1) is 16.5. The van der Waals surface area contributed by atoms with E-state index >= 15 is 0 Å². The van der Waals surface area contributed by atoms with Crippen LogP contribution in [0, 0.1) is 0 Å².